The van der Waals surface area contributed by atoms with E-state index < -0.39 is 0 Å². The minimum Gasteiger partial charge on any atom is -0.508 e. The van der Waals surface area contributed by atoms with Crippen molar-refractivity contribution in [3.8, 4) is 5.75 Å². The number of benzene rings is 1. The molecule has 0 heterocycles. The molecule has 1 atom stereocenters. The molecule has 0 aliphatic heterocycles. The normalized spacial score (nSPS) is 21.5. The summed E-state index contributed by atoms with van der Waals surface area (Å²) in [7, 11) is 0. The van der Waals surface area contributed by atoms with Crippen LogP contribution in [0.1, 0.15) is 36.8 Å². The van der Waals surface area contributed by atoms with Crippen LogP contribution in [0, 0.1) is 0 Å². The van der Waals surface area contributed by atoms with Gasteiger partial charge in [-0.3, -0.25) is 4.79 Å². The zero-order chi connectivity index (χ0) is 10.1. The number of rotatable bonds is 0. The Balaban J connectivity index is 2.43. The number of aryl methyl sites for hydroxylation is 1. The number of hydrogen-bond acceptors (Lipinski definition) is 2. The standard InChI is InChI=1S/C12H14O2/c1-8-6-10(13)3-2-9-7-11(14)4-5-12(8)9/h4-5,7-8,14H,2-3,6H2,1H3. The topological polar surface area (TPSA) is 37.3 Å². The first-order chi connectivity index (χ1) is 6.66. The van der Waals surface area contributed by atoms with E-state index in [0.717, 1.165) is 12.0 Å². The average Bonchev–Trinajstić information content (AvgIpc) is 2.26. The molecule has 0 fully saturated rings. The molecule has 0 radical (unpaired) electrons. The minimum absolute atomic E-state index is 0.292. The molecule has 2 rings (SSSR count). The summed E-state index contributed by atoms with van der Waals surface area (Å²) in [5.74, 6) is 0.916. The molecule has 1 aliphatic carbocycles. The van der Waals surface area contributed by atoms with Gasteiger partial charge in [-0.15, -0.1) is 0 Å². The van der Waals surface area contributed by atoms with Gasteiger partial charge in [-0.1, -0.05) is 13.0 Å². The zero-order valence-electron chi connectivity index (χ0n) is 8.29. The predicted molar refractivity (Wildman–Crippen MR) is 54.5 cm³/mol. The Bertz CT molecular complexity index is 369. The van der Waals surface area contributed by atoms with Crippen molar-refractivity contribution in [3.05, 3.63) is 29.3 Å². The van der Waals surface area contributed by atoms with E-state index in [0.29, 0.717) is 30.3 Å². The maximum Gasteiger partial charge on any atom is 0.133 e. The van der Waals surface area contributed by atoms with Crippen molar-refractivity contribution in [3.63, 3.8) is 0 Å². The molecular weight excluding hydrogens is 176 g/mol. The van der Waals surface area contributed by atoms with Crippen LogP contribution < -0.4 is 0 Å². The second-order valence-electron chi connectivity index (χ2n) is 4.03. The molecule has 14 heavy (non-hydrogen) atoms. The summed E-state index contributed by atoms with van der Waals surface area (Å²) in [6.07, 6.45) is 2.02. The van der Waals surface area contributed by atoms with Crippen LogP contribution in [0.5, 0.6) is 5.75 Å². The number of phenols is 1. The third-order valence-corrected chi connectivity index (χ3v) is 2.86. The molecule has 1 aliphatic rings. The Morgan fingerprint density at radius 2 is 2.14 bits per heavy atom. The van der Waals surface area contributed by atoms with Gasteiger partial charge in [0.05, 0.1) is 0 Å². The van der Waals surface area contributed by atoms with Crippen molar-refractivity contribution < 1.29 is 9.90 Å². The van der Waals surface area contributed by atoms with Crippen LogP contribution in [-0.4, -0.2) is 10.9 Å². The van der Waals surface area contributed by atoms with E-state index in [1.54, 1.807) is 12.1 Å². The van der Waals surface area contributed by atoms with Crippen molar-refractivity contribution in [2.45, 2.75) is 32.1 Å². The first-order valence-electron chi connectivity index (χ1n) is 5.00. The highest BCUT2D eigenvalue weighted by atomic mass is 16.3. The molecule has 0 saturated heterocycles. The lowest BCUT2D eigenvalue weighted by molar-refractivity contribution is -0.119. The minimum atomic E-state index is 0.292. The second kappa shape index (κ2) is 3.45. The molecule has 0 amide bonds. The van der Waals surface area contributed by atoms with Gasteiger partial charge in [0, 0.05) is 12.8 Å². The quantitative estimate of drug-likeness (QED) is 0.638. The number of fused-ring (bicyclic) bond motifs is 1. The zero-order valence-corrected chi connectivity index (χ0v) is 8.29. The molecular formula is C12H14O2. The first kappa shape index (κ1) is 9.25. The van der Waals surface area contributed by atoms with Gasteiger partial charge < -0.3 is 5.11 Å². The summed E-state index contributed by atoms with van der Waals surface area (Å²) < 4.78 is 0. The van der Waals surface area contributed by atoms with Crippen molar-refractivity contribution >= 4 is 5.78 Å². The number of Topliss-reactive ketones (excluding diaryl/α,β-unsaturated/α-hetero) is 1. The van der Waals surface area contributed by atoms with Crippen molar-refractivity contribution in [2.75, 3.05) is 0 Å². The maximum atomic E-state index is 11.4. The van der Waals surface area contributed by atoms with E-state index in [2.05, 4.69) is 6.92 Å². The Morgan fingerprint density at radius 1 is 1.36 bits per heavy atom. The molecule has 2 nitrogen and oxygen atoms in total. The van der Waals surface area contributed by atoms with E-state index in [1.165, 1.54) is 5.56 Å². The van der Waals surface area contributed by atoms with Crippen molar-refractivity contribution in [1.82, 2.24) is 0 Å². The summed E-state index contributed by atoms with van der Waals surface area (Å²) in [5, 5.41) is 9.35. The number of ketones is 1. The summed E-state index contributed by atoms with van der Waals surface area (Å²) in [6.45, 7) is 2.07. The van der Waals surface area contributed by atoms with Crippen LogP contribution in [0.2, 0.25) is 0 Å². The molecule has 0 bridgehead atoms. The fourth-order valence-electron chi connectivity index (χ4n) is 2.12. The fourth-order valence-corrected chi connectivity index (χ4v) is 2.12. The van der Waals surface area contributed by atoms with Crippen LogP contribution in [0.3, 0.4) is 0 Å². The number of phenolic OH excluding ortho intramolecular Hbond substituents is 1. The summed E-state index contributed by atoms with van der Waals surface area (Å²) in [4.78, 5) is 11.4. The van der Waals surface area contributed by atoms with E-state index in [4.69, 9.17) is 0 Å². The third-order valence-electron chi connectivity index (χ3n) is 2.86. The molecule has 1 unspecified atom stereocenters. The van der Waals surface area contributed by atoms with Gasteiger partial charge in [0.25, 0.3) is 0 Å². The summed E-state index contributed by atoms with van der Waals surface area (Å²) >= 11 is 0. The van der Waals surface area contributed by atoms with Crippen LogP contribution in [-0.2, 0) is 11.2 Å². The van der Waals surface area contributed by atoms with Crippen LogP contribution in [0.15, 0.2) is 18.2 Å². The average molecular weight is 190 g/mol. The van der Waals surface area contributed by atoms with E-state index in [9.17, 15) is 9.90 Å². The number of aromatic hydroxyl groups is 1. The molecule has 74 valence electrons. The monoisotopic (exact) mass is 190 g/mol. The molecule has 1 aromatic carbocycles. The van der Waals surface area contributed by atoms with E-state index in [1.807, 2.05) is 6.07 Å². The highest BCUT2D eigenvalue weighted by Crippen LogP contribution is 2.30. The maximum absolute atomic E-state index is 11.4. The van der Waals surface area contributed by atoms with Gasteiger partial charge in [-0.05, 0) is 35.6 Å². The lowest BCUT2D eigenvalue weighted by Crippen LogP contribution is -2.00. The Hall–Kier alpha value is -1.31. The van der Waals surface area contributed by atoms with Gasteiger partial charge in [0.1, 0.15) is 11.5 Å². The predicted octanol–water partition coefficient (Wildman–Crippen LogP) is 2.40. The van der Waals surface area contributed by atoms with Gasteiger partial charge in [-0.25, -0.2) is 0 Å². The van der Waals surface area contributed by atoms with Gasteiger partial charge >= 0.3 is 0 Å². The Kier molecular flexibility index (Phi) is 2.28. The lowest BCUT2D eigenvalue weighted by atomic mass is 9.94. The van der Waals surface area contributed by atoms with Crippen LogP contribution in [0.25, 0.3) is 0 Å². The molecule has 2 heteroatoms. The van der Waals surface area contributed by atoms with Crippen molar-refractivity contribution in [2.24, 2.45) is 0 Å². The van der Waals surface area contributed by atoms with E-state index >= 15 is 0 Å². The molecule has 0 aromatic heterocycles. The Labute approximate surface area is 83.6 Å². The molecule has 0 spiro atoms. The molecule has 1 aromatic rings. The van der Waals surface area contributed by atoms with E-state index in [-0.39, 0.29) is 0 Å². The smallest absolute Gasteiger partial charge is 0.133 e. The SMILES string of the molecule is CC1CC(=O)CCc2cc(O)ccc21. The lowest BCUT2D eigenvalue weighted by Gasteiger charge is -2.11. The summed E-state index contributed by atoms with van der Waals surface area (Å²) in [5.41, 5.74) is 2.34. The number of hydrogen-bond donors (Lipinski definition) is 1. The number of carbonyl (C=O) groups is 1. The highest BCUT2D eigenvalue weighted by Gasteiger charge is 2.19. The highest BCUT2D eigenvalue weighted by molar-refractivity contribution is 5.80. The van der Waals surface area contributed by atoms with Crippen LogP contribution in [0.4, 0.5) is 0 Å². The number of carbonyl (C=O) groups excluding carboxylic acids is 1. The molecule has 0 saturated carbocycles. The second-order valence-corrected chi connectivity index (χ2v) is 4.03. The van der Waals surface area contributed by atoms with Gasteiger partial charge in [-0.2, -0.15) is 0 Å². The largest absolute Gasteiger partial charge is 0.508 e. The summed E-state index contributed by atoms with van der Waals surface area (Å²) in [6, 6.07) is 5.42. The third kappa shape index (κ3) is 1.65. The van der Waals surface area contributed by atoms with Crippen molar-refractivity contribution in [1.29, 1.82) is 0 Å². The van der Waals surface area contributed by atoms with Gasteiger partial charge in [0.2, 0.25) is 0 Å². The Morgan fingerprint density at radius 3 is 2.93 bits per heavy atom. The first-order valence-corrected chi connectivity index (χ1v) is 5.00. The van der Waals surface area contributed by atoms with Gasteiger partial charge in [0.15, 0.2) is 0 Å². The van der Waals surface area contributed by atoms with Crippen LogP contribution >= 0.6 is 0 Å². The molecule has 1 N–H and O–H groups in total. The fraction of sp³-hybridized carbons (Fsp3) is 0.417.